The van der Waals surface area contributed by atoms with Crippen LogP contribution in [0.15, 0.2) is 53.7 Å². The van der Waals surface area contributed by atoms with Crippen molar-refractivity contribution in [1.82, 2.24) is 19.7 Å². The molecule has 1 aliphatic heterocycles. The maximum atomic E-state index is 12.8. The van der Waals surface area contributed by atoms with E-state index in [0.717, 1.165) is 43.1 Å². The van der Waals surface area contributed by atoms with E-state index in [4.69, 9.17) is 0 Å². The van der Waals surface area contributed by atoms with Gasteiger partial charge >= 0.3 is 0 Å². The van der Waals surface area contributed by atoms with Crippen molar-refractivity contribution in [2.24, 2.45) is 0 Å². The minimum Gasteiger partial charge on any atom is -0.341 e. The lowest BCUT2D eigenvalue weighted by molar-refractivity contribution is -0.131. The molecule has 1 aromatic heterocycles. The van der Waals surface area contributed by atoms with Crippen molar-refractivity contribution in [3.05, 3.63) is 59.7 Å². The number of carbonyl (C=O) groups excluding carboxylic acids is 2. The molecular formula is C25H30N6O2S. The lowest BCUT2D eigenvalue weighted by Crippen LogP contribution is -2.36. The second-order valence-corrected chi connectivity index (χ2v) is 9.54. The zero-order chi connectivity index (χ0) is 24.1. The molecule has 9 heteroatoms. The molecule has 8 nitrogen and oxygen atoms in total. The molecular weight excluding hydrogens is 448 g/mol. The van der Waals surface area contributed by atoms with Gasteiger partial charge in [0.25, 0.3) is 0 Å². The number of thioether (sulfide) groups is 1. The molecule has 1 aliphatic rings. The van der Waals surface area contributed by atoms with Crippen LogP contribution in [0.3, 0.4) is 0 Å². The van der Waals surface area contributed by atoms with E-state index >= 15 is 0 Å². The smallest absolute Gasteiger partial charge is 0.243 e. The number of amides is 2. The fraction of sp³-hybridized carbons (Fsp3) is 0.360. The number of aryl methyl sites for hydroxylation is 2. The first-order valence-corrected chi connectivity index (χ1v) is 12.4. The van der Waals surface area contributed by atoms with Gasteiger partial charge in [-0.05, 0) is 51.0 Å². The van der Waals surface area contributed by atoms with E-state index < -0.39 is 0 Å². The molecule has 0 radical (unpaired) electrons. The molecule has 2 aromatic carbocycles. The van der Waals surface area contributed by atoms with Crippen molar-refractivity contribution in [1.29, 1.82) is 0 Å². The average molecular weight is 479 g/mol. The van der Waals surface area contributed by atoms with Gasteiger partial charge in [-0.3, -0.25) is 14.2 Å². The van der Waals surface area contributed by atoms with Gasteiger partial charge in [0.15, 0.2) is 5.16 Å². The van der Waals surface area contributed by atoms with Crippen LogP contribution in [0, 0.1) is 13.8 Å². The summed E-state index contributed by atoms with van der Waals surface area (Å²) in [6.07, 6.45) is 2.27. The Morgan fingerprint density at radius 1 is 0.971 bits per heavy atom. The van der Waals surface area contributed by atoms with Crippen LogP contribution in [0.4, 0.5) is 11.6 Å². The minimum atomic E-state index is -0.233. The number of aromatic nitrogens is 3. The fourth-order valence-corrected chi connectivity index (χ4v) is 4.66. The van der Waals surface area contributed by atoms with Gasteiger partial charge in [-0.1, -0.05) is 47.2 Å². The number of hydrogen-bond acceptors (Lipinski definition) is 6. The Bertz CT molecular complexity index is 1140. The molecule has 2 amide bonds. The summed E-state index contributed by atoms with van der Waals surface area (Å²) in [5.41, 5.74) is 3.98. The van der Waals surface area contributed by atoms with Crippen LogP contribution in [-0.4, -0.2) is 63.9 Å². The topological polar surface area (TPSA) is 83.4 Å². The summed E-state index contributed by atoms with van der Waals surface area (Å²) in [7, 11) is 1.64. The quantitative estimate of drug-likeness (QED) is 0.498. The molecule has 178 valence electrons. The van der Waals surface area contributed by atoms with Crippen LogP contribution >= 0.6 is 11.8 Å². The Morgan fingerprint density at radius 2 is 1.59 bits per heavy atom. The fourth-order valence-electron chi connectivity index (χ4n) is 3.77. The molecule has 0 aliphatic carbocycles. The zero-order valence-corrected chi connectivity index (χ0v) is 20.6. The maximum Gasteiger partial charge on any atom is 0.243 e. The molecule has 2 heterocycles. The highest BCUT2D eigenvalue weighted by Crippen LogP contribution is 2.28. The molecule has 3 aromatic rings. The minimum absolute atomic E-state index is 0.0169. The van der Waals surface area contributed by atoms with Crippen LogP contribution in [0.2, 0.25) is 0 Å². The van der Waals surface area contributed by atoms with Gasteiger partial charge in [0.05, 0.1) is 18.0 Å². The van der Waals surface area contributed by atoms with E-state index in [2.05, 4.69) is 39.5 Å². The van der Waals surface area contributed by atoms with E-state index in [1.807, 2.05) is 47.9 Å². The summed E-state index contributed by atoms with van der Waals surface area (Å²) in [4.78, 5) is 28.8. The molecule has 34 heavy (non-hydrogen) atoms. The number of hydrogen-bond donors (Lipinski definition) is 1. The van der Waals surface area contributed by atoms with Gasteiger partial charge in [-0.2, -0.15) is 0 Å². The van der Waals surface area contributed by atoms with E-state index in [0.29, 0.717) is 10.8 Å². The molecule has 4 rings (SSSR count). The predicted molar refractivity (Wildman–Crippen MR) is 136 cm³/mol. The Labute approximate surface area is 204 Å². The average Bonchev–Trinajstić information content (AvgIpc) is 3.49. The number of anilines is 2. The van der Waals surface area contributed by atoms with Crippen LogP contribution in [0.25, 0.3) is 5.69 Å². The summed E-state index contributed by atoms with van der Waals surface area (Å²) in [6, 6.07) is 15.8. The number of benzene rings is 2. The van der Waals surface area contributed by atoms with Gasteiger partial charge in [0.1, 0.15) is 0 Å². The monoisotopic (exact) mass is 478 g/mol. The highest BCUT2D eigenvalue weighted by atomic mass is 32.2. The first kappa shape index (κ1) is 23.8. The van der Waals surface area contributed by atoms with E-state index in [9.17, 15) is 9.59 Å². The van der Waals surface area contributed by atoms with Crippen LogP contribution in [0.1, 0.15) is 24.0 Å². The SMILES string of the molecule is Cc1ccc(NC(=O)CN(C)C(=O)CSc2nnc(N3CCCC3)n2-c2ccc(C)cc2)cc1. The highest BCUT2D eigenvalue weighted by Gasteiger charge is 2.23. The van der Waals surface area contributed by atoms with Crippen molar-refractivity contribution in [3.63, 3.8) is 0 Å². The lowest BCUT2D eigenvalue weighted by atomic mass is 10.2. The van der Waals surface area contributed by atoms with Crippen molar-refractivity contribution in [2.45, 2.75) is 31.8 Å². The summed E-state index contributed by atoms with van der Waals surface area (Å²) < 4.78 is 2.02. The van der Waals surface area contributed by atoms with Crippen molar-refractivity contribution < 1.29 is 9.59 Å². The first-order valence-electron chi connectivity index (χ1n) is 11.4. The Balaban J connectivity index is 1.41. The first-order chi connectivity index (χ1) is 16.4. The van der Waals surface area contributed by atoms with Gasteiger partial charge in [-0.25, -0.2) is 0 Å². The van der Waals surface area contributed by atoms with Gasteiger partial charge in [0, 0.05) is 25.8 Å². The Morgan fingerprint density at radius 3 is 2.24 bits per heavy atom. The third-order valence-electron chi connectivity index (χ3n) is 5.76. The summed E-state index contributed by atoms with van der Waals surface area (Å²) in [5, 5.41) is 12.3. The second-order valence-electron chi connectivity index (χ2n) is 8.60. The Hall–Kier alpha value is -3.33. The number of carbonyl (C=O) groups is 2. The number of nitrogens with one attached hydrogen (secondary N) is 1. The second kappa shape index (κ2) is 10.7. The normalized spacial score (nSPS) is 13.2. The lowest BCUT2D eigenvalue weighted by Gasteiger charge is -2.19. The molecule has 0 saturated carbocycles. The van der Waals surface area contributed by atoms with E-state index in [-0.39, 0.29) is 24.1 Å². The van der Waals surface area contributed by atoms with Crippen molar-refractivity contribution in [3.8, 4) is 5.69 Å². The van der Waals surface area contributed by atoms with Crippen LogP contribution in [0.5, 0.6) is 0 Å². The largest absolute Gasteiger partial charge is 0.341 e. The van der Waals surface area contributed by atoms with Crippen LogP contribution < -0.4 is 10.2 Å². The third kappa shape index (κ3) is 5.77. The predicted octanol–water partition coefficient (Wildman–Crippen LogP) is 3.67. The highest BCUT2D eigenvalue weighted by molar-refractivity contribution is 7.99. The molecule has 1 fully saturated rings. The molecule has 0 bridgehead atoms. The summed E-state index contributed by atoms with van der Waals surface area (Å²) >= 11 is 1.33. The standard InChI is InChI=1S/C25H30N6O2S/c1-18-6-10-20(11-7-18)26-22(32)16-29(3)23(33)17-34-25-28-27-24(30-14-4-5-15-30)31(25)21-12-8-19(2)9-13-21/h6-13H,4-5,14-17H2,1-3H3,(H,26,32). The van der Waals surface area contributed by atoms with Crippen LogP contribution in [-0.2, 0) is 9.59 Å². The van der Waals surface area contributed by atoms with Crippen molar-refractivity contribution in [2.75, 3.05) is 42.7 Å². The third-order valence-corrected chi connectivity index (χ3v) is 6.68. The molecule has 1 N–H and O–H groups in total. The summed E-state index contributed by atoms with van der Waals surface area (Å²) in [6.45, 7) is 5.93. The number of nitrogens with zero attached hydrogens (tertiary/aromatic N) is 5. The molecule has 0 spiro atoms. The van der Waals surface area contributed by atoms with Gasteiger partial charge < -0.3 is 15.1 Å². The zero-order valence-electron chi connectivity index (χ0n) is 19.8. The van der Waals surface area contributed by atoms with Gasteiger partial charge in [0.2, 0.25) is 17.8 Å². The van der Waals surface area contributed by atoms with Gasteiger partial charge in [-0.15, -0.1) is 10.2 Å². The number of likely N-dealkylation sites (N-methyl/N-ethyl adjacent to an activating group) is 1. The molecule has 0 atom stereocenters. The maximum absolute atomic E-state index is 12.8. The molecule has 0 unspecified atom stereocenters. The Kier molecular flexibility index (Phi) is 7.52. The van der Waals surface area contributed by atoms with E-state index in [1.54, 1.807) is 7.05 Å². The van der Waals surface area contributed by atoms with Crippen molar-refractivity contribution >= 4 is 35.2 Å². The molecule has 1 saturated heterocycles. The summed E-state index contributed by atoms with van der Waals surface area (Å²) in [5.74, 6) is 0.592. The van der Waals surface area contributed by atoms with E-state index in [1.165, 1.54) is 22.2 Å². The number of rotatable bonds is 8.